The SMILES string of the molecule is O=C(O)c1c(-c2cnc[nH]2)sc2ccccc12. The van der Waals surface area contributed by atoms with Gasteiger partial charge in [-0.3, -0.25) is 0 Å². The number of H-pyrrole nitrogens is 1. The second-order valence-electron chi connectivity index (χ2n) is 3.57. The van der Waals surface area contributed by atoms with E-state index in [2.05, 4.69) is 9.97 Å². The number of aromatic nitrogens is 2. The van der Waals surface area contributed by atoms with Gasteiger partial charge in [0.2, 0.25) is 0 Å². The van der Waals surface area contributed by atoms with Gasteiger partial charge in [0.05, 0.1) is 28.7 Å². The number of aromatic amines is 1. The van der Waals surface area contributed by atoms with Gasteiger partial charge in [0.25, 0.3) is 0 Å². The van der Waals surface area contributed by atoms with Crippen molar-refractivity contribution < 1.29 is 9.90 Å². The lowest BCUT2D eigenvalue weighted by Crippen LogP contribution is -1.96. The summed E-state index contributed by atoms with van der Waals surface area (Å²) in [5, 5.41) is 10.1. The number of carboxylic acids is 1. The zero-order valence-electron chi connectivity index (χ0n) is 8.68. The van der Waals surface area contributed by atoms with E-state index < -0.39 is 5.97 Å². The predicted octanol–water partition coefficient (Wildman–Crippen LogP) is 2.99. The summed E-state index contributed by atoms with van der Waals surface area (Å²) < 4.78 is 0.967. The van der Waals surface area contributed by atoms with Crippen molar-refractivity contribution in [2.45, 2.75) is 0 Å². The predicted molar refractivity (Wildman–Crippen MR) is 66.4 cm³/mol. The van der Waals surface area contributed by atoms with Crippen molar-refractivity contribution in [3.05, 3.63) is 42.4 Å². The van der Waals surface area contributed by atoms with Gasteiger partial charge in [-0.25, -0.2) is 9.78 Å². The molecule has 0 saturated heterocycles. The highest BCUT2D eigenvalue weighted by Gasteiger charge is 2.19. The van der Waals surface area contributed by atoms with E-state index in [-0.39, 0.29) is 0 Å². The minimum atomic E-state index is -0.910. The summed E-state index contributed by atoms with van der Waals surface area (Å²) in [5.74, 6) is -0.910. The van der Waals surface area contributed by atoms with E-state index in [1.54, 1.807) is 12.5 Å². The quantitative estimate of drug-likeness (QED) is 0.728. The third kappa shape index (κ3) is 1.52. The summed E-state index contributed by atoms with van der Waals surface area (Å²) in [5.41, 5.74) is 1.08. The molecule has 2 N–H and O–H groups in total. The topological polar surface area (TPSA) is 66.0 Å². The molecule has 3 rings (SSSR count). The maximum atomic E-state index is 11.4. The minimum absolute atomic E-state index is 0.342. The van der Waals surface area contributed by atoms with E-state index in [0.717, 1.165) is 20.7 Å². The number of hydrogen-bond acceptors (Lipinski definition) is 3. The molecule has 0 atom stereocenters. The first-order valence-corrected chi connectivity index (χ1v) is 5.82. The number of fused-ring (bicyclic) bond motifs is 1. The van der Waals surface area contributed by atoms with Crippen molar-refractivity contribution in [2.24, 2.45) is 0 Å². The Bertz CT molecular complexity index is 686. The maximum Gasteiger partial charge on any atom is 0.337 e. The number of imidazole rings is 1. The Balaban J connectivity index is 2.38. The van der Waals surface area contributed by atoms with Crippen molar-refractivity contribution >= 4 is 27.4 Å². The highest BCUT2D eigenvalue weighted by Crippen LogP contribution is 2.37. The molecule has 0 aliphatic rings. The highest BCUT2D eigenvalue weighted by atomic mass is 32.1. The van der Waals surface area contributed by atoms with E-state index in [1.165, 1.54) is 11.3 Å². The lowest BCUT2D eigenvalue weighted by molar-refractivity contribution is 0.0700. The molecule has 0 amide bonds. The summed E-state index contributed by atoms with van der Waals surface area (Å²) >= 11 is 1.46. The van der Waals surface area contributed by atoms with Crippen LogP contribution in [-0.4, -0.2) is 21.0 Å². The fourth-order valence-corrected chi connectivity index (χ4v) is 3.00. The number of benzene rings is 1. The van der Waals surface area contributed by atoms with Gasteiger partial charge < -0.3 is 10.1 Å². The molecular formula is C12H8N2O2S. The van der Waals surface area contributed by atoms with Crippen molar-refractivity contribution in [3.63, 3.8) is 0 Å². The van der Waals surface area contributed by atoms with Crippen LogP contribution in [0.25, 0.3) is 20.7 Å². The maximum absolute atomic E-state index is 11.4. The number of thiophene rings is 1. The molecule has 0 radical (unpaired) electrons. The number of rotatable bonds is 2. The van der Waals surface area contributed by atoms with Gasteiger partial charge in [-0.1, -0.05) is 18.2 Å². The number of carbonyl (C=O) groups is 1. The Morgan fingerprint density at radius 2 is 2.18 bits per heavy atom. The average Bonchev–Trinajstić information content (AvgIpc) is 2.95. The standard InChI is InChI=1S/C12H8N2O2S/c15-12(16)10-7-3-1-2-4-9(7)17-11(10)8-5-13-6-14-8/h1-6H,(H,13,14)(H,15,16). The van der Waals surface area contributed by atoms with Crippen LogP contribution >= 0.6 is 11.3 Å². The van der Waals surface area contributed by atoms with Crippen LogP contribution in [0.3, 0.4) is 0 Å². The normalized spacial score (nSPS) is 10.8. The van der Waals surface area contributed by atoms with Gasteiger partial charge in [0, 0.05) is 10.1 Å². The monoisotopic (exact) mass is 244 g/mol. The number of nitrogens with one attached hydrogen (secondary N) is 1. The molecule has 5 heteroatoms. The molecule has 0 unspecified atom stereocenters. The Morgan fingerprint density at radius 1 is 1.35 bits per heavy atom. The average molecular weight is 244 g/mol. The van der Waals surface area contributed by atoms with E-state index in [9.17, 15) is 9.90 Å². The molecule has 0 aliphatic carbocycles. The van der Waals surface area contributed by atoms with Gasteiger partial charge in [0.15, 0.2) is 0 Å². The molecule has 0 spiro atoms. The molecule has 0 fully saturated rings. The molecule has 0 saturated carbocycles. The Morgan fingerprint density at radius 3 is 2.88 bits per heavy atom. The summed E-state index contributed by atoms with van der Waals surface area (Å²) in [4.78, 5) is 19.0. The van der Waals surface area contributed by atoms with Crippen LogP contribution in [0.4, 0.5) is 0 Å². The molecule has 84 valence electrons. The Kier molecular flexibility index (Phi) is 2.19. The van der Waals surface area contributed by atoms with Crippen molar-refractivity contribution in [2.75, 3.05) is 0 Å². The molecule has 17 heavy (non-hydrogen) atoms. The summed E-state index contributed by atoms with van der Waals surface area (Å²) in [7, 11) is 0. The van der Waals surface area contributed by atoms with Gasteiger partial charge in [-0.05, 0) is 6.07 Å². The van der Waals surface area contributed by atoms with Crippen molar-refractivity contribution in [3.8, 4) is 10.6 Å². The largest absolute Gasteiger partial charge is 0.478 e. The van der Waals surface area contributed by atoms with Crippen LogP contribution in [0.15, 0.2) is 36.8 Å². The Labute approximate surface area is 101 Å². The number of hydrogen-bond donors (Lipinski definition) is 2. The van der Waals surface area contributed by atoms with Crippen LogP contribution in [0.1, 0.15) is 10.4 Å². The summed E-state index contributed by atoms with van der Waals surface area (Å²) in [6.07, 6.45) is 3.18. The highest BCUT2D eigenvalue weighted by molar-refractivity contribution is 7.22. The number of aromatic carboxylic acids is 1. The van der Waals surface area contributed by atoms with Gasteiger partial charge in [0.1, 0.15) is 0 Å². The molecular weight excluding hydrogens is 236 g/mol. The fraction of sp³-hybridized carbons (Fsp3) is 0. The smallest absolute Gasteiger partial charge is 0.337 e. The van der Waals surface area contributed by atoms with Crippen LogP contribution in [0.2, 0.25) is 0 Å². The molecule has 0 bridgehead atoms. The minimum Gasteiger partial charge on any atom is -0.478 e. The van der Waals surface area contributed by atoms with Crippen molar-refractivity contribution in [1.29, 1.82) is 0 Å². The first-order valence-electron chi connectivity index (χ1n) is 5.01. The Hall–Kier alpha value is -2.14. The second-order valence-corrected chi connectivity index (χ2v) is 4.62. The molecule has 0 aliphatic heterocycles. The first-order chi connectivity index (χ1) is 8.27. The van der Waals surface area contributed by atoms with Gasteiger partial charge in [-0.15, -0.1) is 11.3 Å². The number of carboxylic acid groups (broad SMARTS) is 1. The second kappa shape index (κ2) is 3.71. The zero-order valence-corrected chi connectivity index (χ0v) is 9.49. The van der Waals surface area contributed by atoms with Crippen molar-refractivity contribution in [1.82, 2.24) is 9.97 Å². The molecule has 2 aromatic heterocycles. The lowest BCUT2D eigenvalue weighted by Gasteiger charge is -1.96. The van der Waals surface area contributed by atoms with E-state index in [4.69, 9.17) is 0 Å². The molecule has 4 nitrogen and oxygen atoms in total. The lowest BCUT2D eigenvalue weighted by atomic mass is 10.1. The number of nitrogens with zero attached hydrogens (tertiary/aromatic N) is 1. The van der Waals surface area contributed by atoms with Crippen LogP contribution < -0.4 is 0 Å². The van der Waals surface area contributed by atoms with Crippen LogP contribution in [0, 0.1) is 0 Å². The molecule has 1 aromatic carbocycles. The van der Waals surface area contributed by atoms with E-state index >= 15 is 0 Å². The van der Waals surface area contributed by atoms with Gasteiger partial charge >= 0.3 is 5.97 Å². The van der Waals surface area contributed by atoms with Gasteiger partial charge in [-0.2, -0.15) is 0 Å². The van der Waals surface area contributed by atoms with Crippen LogP contribution in [0.5, 0.6) is 0 Å². The third-order valence-corrected chi connectivity index (χ3v) is 3.76. The molecule has 3 aromatic rings. The van der Waals surface area contributed by atoms with Crippen LogP contribution in [-0.2, 0) is 0 Å². The summed E-state index contributed by atoms with van der Waals surface area (Å²) in [6.45, 7) is 0. The van der Waals surface area contributed by atoms with E-state index in [0.29, 0.717) is 5.56 Å². The fourth-order valence-electron chi connectivity index (χ4n) is 1.83. The first kappa shape index (κ1) is 10.0. The molecule has 2 heterocycles. The zero-order chi connectivity index (χ0) is 11.8. The summed E-state index contributed by atoms with van der Waals surface area (Å²) in [6, 6.07) is 7.50. The third-order valence-electron chi connectivity index (χ3n) is 2.55. The van der Waals surface area contributed by atoms with E-state index in [1.807, 2.05) is 24.3 Å².